The van der Waals surface area contributed by atoms with Crippen LogP contribution in [0.5, 0.6) is 0 Å². The second-order valence-corrected chi connectivity index (χ2v) is 11.0. The summed E-state index contributed by atoms with van der Waals surface area (Å²) in [6.07, 6.45) is 7.39. The van der Waals surface area contributed by atoms with Gasteiger partial charge >= 0.3 is 0 Å². The number of alkyl halides is 2. The Morgan fingerprint density at radius 3 is 2.57 bits per heavy atom. The molecule has 2 N–H and O–H groups in total. The van der Waals surface area contributed by atoms with Gasteiger partial charge in [-0.15, -0.1) is 0 Å². The molecule has 0 aromatic heterocycles. The number of nitrogens with one attached hydrogen (secondary N) is 2. The van der Waals surface area contributed by atoms with Gasteiger partial charge in [-0.05, 0) is 74.1 Å². The maximum Gasteiger partial charge on any atom is 0.255 e. The minimum absolute atomic E-state index is 0.0110. The van der Waals surface area contributed by atoms with E-state index in [1.807, 2.05) is 12.1 Å². The summed E-state index contributed by atoms with van der Waals surface area (Å²) in [6, 6.07) is 5.81. The zero-order chi connectivity index (χ0) is 24.6. The minimum atomic E-state index is -2.48. The Hall–Kier alpha value is -2.35. The van der Waals surface area contributed by atoms with E-state index < -0.39 is 12.0 Å². The van der Waals surface area contributed by atoms with Crippen molar-refractivity contribution >= 4 is 17.7 Å². The van der Waals surface area contributed by atoms with Crippen molar-refractivity contribution in [1.29, 1.82) is 0 Å². The average Bonchev–Trinajstić information content (AvgIpc) is 3.14. The third-order valence-corrected chi connectivity index (χ3v) is 8.50. The molecule has 2 saturated carbocycles. The van der Waals surface area contributed by atoms with E-state index in [2.05, 4.69) is 16.7 Å². The Labute approximate surface area is 205 Å². The molecule has 3 atom stereocenters. The van der Waals surface area contributed by atoms with E-state index in [9.17, 15) is 23.2 Å². The van der Waals surface area contributed by atoms with Crippen LogP contribution in [0.2, 0.25) is 0 Å². The van der Waals surface area contributed by atoms with Gasteiger partial charge in [-0.2, -0.15) is 0 Å². The summed E-state index contributed by atoms with van der Waals surface area (Å²) in [6.45, 7) is 1.21. The van der Waals surface area contributed by atoms with E-state index in [4.69, 9.17) is 0 Å². The van der Waals surface area contributed by atoms with E-state index in [1.54, 1.807) is 4.90 Å². The van der Waals surface area contributed by atoms with Crippen molar-refractivity contribution in [2.75, 3.05) is 6.54 Å². The molecule has 0 spiro atoms. The number of fused-ring (bicyclic) bond motifs is 1. The Kier molecular flexibility index (Phi) is 6.93. The summed E-state index contributed by atoms with van der Waals surface area (Å²) in [7, 11) is 0. The van der Waals surface area contributed by atoms with Gasteiger partial charge in [0.1, 0.15) is 6.04 Å². The van der Waals surface area contributed by atoms with Crippen LogP contribution < -0.4 is 10.6 Å². The normalized spacial score (nSPS) is 29.3. The fraction of sp³-hybridized carbons (Fsp3) is 0.667. The standard InChI is InChI=1S/C27H35F2N3O3/c28-27(29)11-9-17(10-12-27)15-30-22-4-2-1-3-19(22)13-18-5-6-21-20(14-18)16-32(26(21)35)23-7-8-24(33)31-25(23)34/h5-6,14,17,19,22-23,30H,1-4,7-13,15-16H2,(H,31,33,34)/t19-,22+,23?/m1/s1. The second-order valence-electron chi connectivity index (χ2n) is 11.0. The summed E-state index contributed by atoms with van der Waals surface area (Å²) in [4.78, 5) is 38.3. The minimum Gasteiger partial charge on any atom is -0.322 e. The van der Waals surface area contributed by atoms with Gasteiger partial charge < -0.3 is 10.2 Å². The molecule has 2 aliphatic carbocycles. The molecular formula is C27H35F2N3O3. The summed E-state index contributed by atoms with van der Waals surface area (Å²) in [5.41, 5.74) is 2.78. The monoisotopic (exact) mass is 487 g/mol. The summed E-state index contributed by atoms with van der Waals surface area (Å²) in [5, 5.41) is 6.08. The molecule has 5 rings (SSSR count). The SMILES string of the molecule is O=C1CCC(N2Cc3cc(C[C@H]4CCCC[C@@H]4NCC4CCC(F)(F)CC4)ccc3C2=O)C(=O)N1. The number of carbonyl (C=O) groups excluding carboxylic acids is 3. The zero-order valence-corrected chi connectivity index (χ0v) is 20.2. The van der Waals surface area contributed by atoms with Crippen LogP contribution in [0.4, 0.5) is 8.78 Å². The highest BCUT2D eigenvalue weighted by Crippen LogP contribution is 2.36. The molecule has 2 heterocycles. The third kappa shape index (κ3) is 5.42. The summed E-state index contributed by atoms with van der Waals surface area (Å²) < 4.78 is 27.0. The van der Waals surface area contributed by atoms with Crippen LogP contribution in [-0.4, -0.2) is 47.2 Å². The van der Waals surface area contributed by atoms with Gasteiger partial charge in [0.15, 0.2) is 0 Å². The average molecular weight is 488 g/mol. The first-order valence-electron chi connectivity index (χ1n) is 13.2. The van der Waals surface area contributed by atoms with Crippen LogP contribution in [0.1, 0.15) is 85.7 Å². The van der Waals surface area contributed by atoms with Gasteiger partial charge in [0, 0.05) is 37.4 Å². The maximum absolute atomic E-state index is 13.5. The van der Waals surface area contributed by atoms with E-state index in [1.165, 1.54) is 18.4 Å². The van der Waals surface area contributed by atoms with Crippen molar-refractivity contribution in [3.05, 3.63) is 34.9 Å². The lowest BCUT2D eigenvalue weighted by molar-refractivity contribution is -0.136. The molecule has 6 nitrogen and oxygen atoms in total. The van der Waals surface area contributed by atoms with Crippen molar-refractivity contribution in [2.45, 2.75) is 95.2 Å². The molecule has 1 saturated heterocycles. The number of imide groups is 1. The Morgan fingerprint density at radius 1 is 1.03 bits per heavy atom. The van der Waals surface area contributed by atoms with E-state index >= 15 is 0 Å². The van der Waals surface area contributed by atoms with E-state index in [-0.39, 0.29) is 37.0 Å². The Morgan fingerprint density at radius 2 is 1.80 bits per heavy atom. The molecule has 8 heteroatoms. The first kappa shape index (κ1) is 24.3. The van der Waals surface area contributed by atoms with Gasteiger partial charge in [0.2, 0.25) is 17.7 Å². The van der Waals surface area contributed by atoms with Crippen molar-refractivity contribution in [2.24, 2.45) is 11.8 Å². The number of amides is 3. The summed E-state index contributed by atoms with van der Waals surface area (Å²) in [5.74, 6) is -2.48. The maximum atomic E-state index is 13.5. The number of halogens is 2. The number of nitrogens with zero attached hydrogens (tertiary/aromatic N) is 1. The van der Waals surface area contributed by atoms with Gasteiger partial charge in [-0.3, -0.25) is 19.7 Å². The number of rotatable bonds is 6. The number of carbonyl (C=O) groups is 3. The second kappa shape index (κ2) is 9.96. The lowest BCUT2D eigenvalue weighted by atomic mass is 9.79. The largest absolute Gasteiger partial charge is 0.322 e. The third-order valence-electron chi connectivity index (χ3n) is 8.50. The number of benzene rings is 1. The topological polar surface area (TPSA) is 78.5 Å². The van der Waals surface area contributed by atoms with Crippen LogP contribution in [0, 0.1) is 11.8 Å². The molecule has 4 aliphatic rings. The van der Waals surface area contributed by atoms with Gasteiger partial charge in [-0.25, -0.2) is 8.78 Å². The number of piperidine rings is 1. The van der Waals surface area contributed by atoms with Crippen molar-refractivity contribution < 1.29 is 23.2 Å². The first-order valence-corrected chi connectivity index (χ1v) is 13.2. The predicted molar refractivity (Wildman–Crippen MR) is 127 cm³/mol. The number of hydrogen-bond donors (Lipinski definition) is 2. The first-order chi connectivity index (χ1) is 16.8. The van der Waals surface area contributed by atoms with Crippen LogP contribution in [0.3, 0.4) is 0 Å². The highest BCUT2D eigenvalue weighted by atomic mass is 19.3. The molecule has 190 valence electrons. The highest BCUT2D eigenvalue weighted by molar-refractivity contribution is 6.05. The Bertz CT molecular complexity index is 988. The molecule has 1 aromatic carbocycles. The Balaban J connectivity index is 1.20. The molecule has 3 amide bonds. The van der Waals surface area contributed by atoms with Crippen molar-refractivity contribution in [1.82, 2.24) is 15.5 Å². The quantitative estimate of drug-likeness (QED) is 0.596. The van der Waals surface area contributed by atoms with Crippen molar-refractivity contribution in [3.63, 3.8) is 0 Å². The van der Waals surface area contributed by atoms with Gasteiger partial charge in [0.25, 0.3) is 5.91 Å². The smallest absolute Gasteiger partial charge is 0.255 e. The molecule has 1 unspecified atom stereocenters. The van der Waals surface area contributed by atoms with Crippen LogP contribution in [0.25, 0.3) is 0 Å². The predicted octanol–water partition coefficient (Wildman–Crippen LogP) is 3.96. The molecule has 1 aromatic rings. The molecule has 0 bridgehead atoms. The molecular weight excluding hydrogens is 452 g/mol. The molecule has 2 aliphatic heterocycles. The molecule has 0 radical (unpaired) electrons. The molecule has 3 fully saturated rings. The fourth-order valence-corrected chi connectivity index (χ4v) is 6.40. The van der Waals surface area contributed by atoms with E-state index in [0.29, 0.717) is 49.2 Å². The lowest BCUT2D eigenvalue weighted by Gasteiger charge is -2.35. The summed E-state index contributed by atoms with van der Waals surface area (Å²) >= 11 is 0. The van der Waals surface area contributed by atoms with Crippen LogP contribution in [0.15, 0.2) is 18.2 Å². The van der Waals surface area contributed by atoms with Crippen LogP contribution in [-0.2, 0) is 22.6 Å². The highest BCUT2D eigenvalue weighted by Gasteiger charge is 2.39. The van der Waals surface area contributed by atoms with Crippen molar-refractivity contribution in [3.8, 4) is 0 Å². The van der Waals surface area contributed by atoms with E-state index in [0.717, 1.165) is 31.4 Å². The van der Waals surface area contributed by atoms with Gasteiger partial charge in [-0.1, -0.05) is 25.0 Å². The lowest BCUT2D eigenvalue weighted by Crippen LogP contribution is -2.52. The van der Waals surface area contributed by atoms with Gasteiger partial charge in [0.05, 0.1) is 0 Å². The molecule has 35 heavy (non-hydrogen) atoms. The van der Waals surface area contributed by atoms with Crippen LogP contribution >= 0.6 is 0 Å². The zero-order valence-electron chi connectivity index (χ0n) is 20.2. The fourth-order valence-electron chi connectivity index (χ4n) is 6.40. The number of hydrogen-bond acceptors (Lipinski definition) is 4.